The fraction of sp³-hybridized carbons (Fsp3) is 0.357. The van der Waals surface area contributed by atoms with Gasteiger partial charge in [0.1, 0.15) is 0 Å². The highest BCUT2D eigenvalue weighted by molar-refractivity contribution is 7.11. The molecule has 1 aromatic heterocycles. The summed E-state index contributed by atoms with van der Waals surface area (Å²) in [5.41, 5.74) is 3.95. The zero-order valence-corrected chi connectivity index (χ0v) is 11.0. The van der Waals surface area contributed by atoms with E-state index >= 15 is 0 Å². The van der Waals surface area contributed by atoms with E-state index in [1.54, 1.807) is 0 Å². The van der Waals surface area contributed by atoms with Crippen molar-refractivity contribution in [2.24, 2.45) is 0 Å². The van der Waals surface area contributed by atoms with Crippen LogP contribution in [0.2, 0.25) is 0 Å². The van der Waals surface area contributed by atoms with Crippen LogP contribution in [0.5, 0.6) is 0 Å². The number of nitrogens with one attached hydrogen (secondary N) is 1. The van der Waals surface area contributed by atoms with Gasteiger partial charge in [-0.3, -0.25) is 0 Å². The number of nitrogens with zero attached hydrogens (tertiary/aromatic N) is 1. The first-order valence-electron chi connectivity index (χ1n) is 6.00. The van der Waals surface area contributed by atoms with E-state index in [1.807, 2.05) is 11.3 Å². The molecule has 0 radical (unpaired) electrons. The van der Waals surface area contributed by atoms with Crippen molar-refractivity contribution in [2.75, 3.05) is 6.54 Å². The summed E-state index contributed by atoms with van der Waals surface area (Å²) in [6.45, 7) is 5.24. The first-order valence-corrected chi connectivity index (χ1v) is 6.82. The lowest BCUT2D eigenvalue weighted by atomic mass is 9.99. The number of thiazole rings is 1. The molecule has 0 amide bonds. The second kappa shape index (κ2) is 4.24. The van der Waals surface area contributed by atoms with Gasteiger partial charge in [0, 0.05) is 17.8 Å². The van der Waals surface area contributed by atoms with Crippen LogP contribution < -0.4 is 5.32 Å². The van der Waals surface area contributed by atoms with Gasteiger partial charge in [0.25, 0.3) is 0 Å². The van der Waals surface area contributed by atoms with Crippen molar-refractivity contribution in [3.63, 3.8) is 0 Å². The summed E-state index contributed by atoms with van der Waals surface area (Å²) < 4.78 is 0. The molecule has 1 N–H and O–H groups in total. The van der Waals surface area contributed by atoms with Gasteiger partial charge in [-0.15, -0.1) is 11.3 Å². The molecule has 1 aliphatic heterocycles. The third-order valence-corrected chi connectivity index (χ3v) is 4.30. The molecule has 17 heavy (non-hydrogen) atoms. The van der Waals surface area contributed by atoms with E-state index in [2.05, 4.69) is 48.4 Å². The highest BCUT2D eigenvalue weighted by atomic mass is 32.1. The summed E-state index contributed by atoms with van der Waals surface area (Å²) >= 11 is 1.82. The van der Waals surface area contributed by atoms with Crippen molar-refractivity contribution in [1.29, 1.82) is 0 Å². The molecule has 3 heteroatoms. The van der Waals surface area contributed by atoms with Crippen molar-refractivity contribution >= 4 is 11.3 Å². The molecule has 1 aliphatic rings. The van der Waals surface area contributed by atoms with Gasteiger partial charge in [-0.05, 0) is 19.4 Å². The lowest BCUT2D eigenvalue weighted by Crippen LogP contribution is -2.29. The minimum atomic E-state index is 0.338. The number of aromatic nitrogens is 1. The van der Waals surface area contributed by atoms with Crippen LogP contribution in [0.15, 0.2) is 24.3 Å². The maximum atomic E-state index is 4.62. The van der Waals surface area contributed by atoms with E-state index in [0.717, 1.165) is 13.0 Å². The molecule has 1 aromatic carbocycles. The van der Waals surface area contributed by atoms with Crippen LogP contribution in [-0.2, 0) is 6.42 Å². The molecule has 88 valence electrons. The Morgan fingerprint density at radius 3 is 2.76 bits per heavy atom. The van der Waals surface area contributed by atoms with Crippen LogP contribution in [0.1, 0.15) is 32.7 Å². The molecular formula is C14H16N2S. The van der Waals surface area contributed by atoms with Crippen LogP contribution in [0.25, 0.3) is 0 Å². The van der Waals surface area contributed by atoms with Crippen molar-refractivity contribution < 1.29 is 0 Å². The Kier molecular flexibility index (Phi) is 2.73. The molecule has 0 saturated carbocycles. The Labute approximate surface area is 106 Å². The van der Waals surface area contributed by atoms with Gasteiger partial charge in [-0.2, -0.15) is 0 Å². The van der Waals surface area contributed by atoms with E-state index in [-0.39, 0.29) is 0 Å². The van der Waals surface area contributed by atoms with E-state index < -0.39 is 0 Å². The quantitative estimate of drug-likeness (QED) is 0.834. The molecule has 0 fully saturated rings. The molecule has 1 unspecified atom stereocenters. The monoisotopic (exact) mass is 244 g/mol. The Balaban J connectivity index is 2.02. The molecule has 0 bridgehead atoms. The number of fused-ring (bicyclic) bond motifs is 1. The Bertz CT molecular complexity index is 528. The summed E-state index contributed by atoms with van der Waals surface area (Å²) in [4.78, 5) is 6.02. The maximum absolute atomic E-state index is 4.62. The fourth-order valence-corrected chi connectivity index (χ4v) is 3.42. The standard InChI is InChI=1S/C14H16N2S/c1-9-3-5-11(6-4-9)13-14-12(7-8-15-13)16-10(2)17-14/h3-6,13,15H,7-8H2,1-2H3. The van der Waals surface area contributed by atoms with Gasteiger partial charge >= 0.3 is 0 Å². The molecule has 0 spiro atoms. The average molecular weight is 244 g/mol. The van der Waals surface area contributed by atoms with E-state index in [9.17, 15) is 0 Å². The summed E-state index contributed by atoms with van der Waals surface area (Å²) in [6, 6.07) is 9.14. The molecular weight excluding hydrogens is 228 g/mol. The number of rotatable bonds is 1. The first-order chi connectivity index (χ1) is 8.24. The zero-order chi connectivity index (χ0) is 11.8. The van der Waals surface area contributed by atoms with Crippen LogP contribution in [-0.4, -0.2) is 11.5 Å². The third kappa shape index (κ3) is 2.01. The zero-order valence-electron chi connectivity index (χ0n) is 10.2. The summed E-state index contributed by atoms with van der Waals surface area (Å²) in [7, 11) is 0. The van der Waals surface area contributed by atoms with Crippen LogP contribution >= 0.6 is 11.3 Å². The number of hydrogen-bond donors (Lipinski definition) is 1. The van der Waals surface area contributed by atoms with Gasteiger partial charge in [-0.1, -0.05) is 29.8 Å². The van der Waals surface area contributed by atoms with Gasteiger partial charge in [-0.25, -0.2) is 4.98 Å². The van der Waals surface area contributed by atoms with Gasteiger partial charge in [0.05, 0.1) is 16.7 Å². The van der Waals surface area contributed by atoms with Crippen LogP contribution in [0.4, 0.5) is 0 Å². The lowest BCUT2D eigenvalue weighted by Gasteiger charge is -2.23. The smallest absolute Gasteiger partial charge is 0.0900 e. The maximum Gasteiger partial charge on any atom is 0.0900 e. The normalized spacial score (nSPS) is 19.1. The SMILES string of the molecule is Cc1ccc(C2NCCc3nc(C)sc32)cc1. The van der Waals surface area contributed by atoms with Gasteiger partial charge < -0.3 is 5.32 Å². The van der Waals surface area contributed by atoms with Crippen LogP contribution in [0, 0.1) is 13.8 Å². The predicted molar refractivity (Wildman–Crippen MR) is 71.6 cm³/mol. The molecule has 3 rings (SSSR count). The minimum Gasteiger partial charge on any atom is -0.305 e. The van der Waals surface area contributed by atoms with Crippen molar-refractivity contribution in [2.45, 2.75) is 26.3 Å². The number of benzene rings is 1. The molecule has 2 nitrogen and oxygen atoms in total. The number of aryl methyl sites for hydroxylation is 2. The van der Waals surface area contributed by atoms with E-state index in [1.165, 1.54) is 26.7 Å². The fourth-order valence-electron chi connectivity index (χ4n) is 2.35. The number of hydrogen-bond acceptors (Lipinski definition) is 3. The van der Waals surface area contributed by atoms with Crippen molar-refractivity contribution in [3.05, 3.63) is 51.0 Å². The molecule has 2 heterocycles. The molecule has 1 atom stereocenters. The Hall–Kier alpha value is -1.19. The predicted octanol–water partition coefficient (Wildman–Crippen LogP) is 3.00. The summed E-state index contributed by atoms with van der Waals surface area (Å²) in [6.07, 6.45) is 1.06. The van der Waals surface area contributed by atoms with E-state index in [0.29, 0.717) is 6.04 Å². The summed E-state index contributed by atoms with van der Waals surface area (Å²) in [5.74, 6) is 0. The van der Waals surface area contributed by atoms with Gasteiger partial charge in [0.2, 0.25) is 0 Å². The molecule has 0 saturated heterocycles. The Morgan fingerprint density at radius 1 is 1.24 bits per heavy atom. The first kappa shape index (κ1) is 10.9. The van der Waals surface area contributed by atoms with Gasteiger partial charge in [0.15, 0.2) is 0 Å². The summed E-state index contributed by atoms with van der Waals surface area (Å²) in [5, 5.41) is 4.77. The third-order valence-electron chi connectivity index (χ3n) is 3.22. The van der Waals surface area contributed by atoms with Crippen molar-refractivity contribution in [1.82, 2.24) is 10.3 Å². The second-order valence-corrected chi connectivity index (χ2v) is 5.83. The molecule has 2 aromatic rings. The topological polar surface area (TPSA) is 24.9 Å². The second-order valence-electron chi connectivity index (χ2n) is 4.59. The minimum absolute atomic E-state index is 0.338. The Morgan fingerprint density at radius 2 is 2.00 bits per heavy atom. The van der Waals surface area contributed by atoms with E-state index in [4.69, 9.17) is 0 Å². The lowest BCUT2D eigenvalue weighted by molar-refractivity contribution is 0.570. The van der Waals surface area contributed by atoms with Crippen molar-refractivity contribution in [3.8, 4) is 0 Å². The highest BCUT2D eigenvalue weighted by Gasteiger charge is 2.24. The van der Waals surface area contributed by atoms with Crippen LogP contribution in [0.3, 0.4) is 0 Å². The molecule has 0 aliphatic carbocycles. The largest absolute Gasteiger partial charge is 0.305 e. The average Bonchev–Trinajstić information content (AvgIpc) is 2.70. The highest BCUT2D eigenvalue weighted by Crippen LogP contribution is 2.33.